The van der Waals surface area contributed by atoms with Crippen LogP contribution in [0.2, 0.25) is 0 Å². The fraction of sp³-hybridized carbons (Fsp3) is 0.600. The van der Waals surface area contributed by atoms with Crippen LogP contribution >= 0.6 is 0 Å². The molecule has 1 aromatic rings. The monoisotopic (exact) mass is 343 g/mol. The fourth-order valence-corrected chi connectivity index (χ4v) is 4.43. The highest BCUT2D eigenvalue weighted by atomic mass is 16.2. The second kappa shape index (κ2) is 7.16. The lowest BCUT2D eigenvalue weighted by Gasteiger charge is -2.23. The molecule has 2 aliphatic rings. The highest BCUT2D eigenvalue weighted by Crippen LogP contribution is 2.33. The molecule has 2 amide bonds. The fourth-order valence-electron chi connectivity index (χ4n) is 4.43. The third-order valence-corrected chi connectivity index (χ3v) is 5.47. The lowest BCUT2D eigenvalue weighted by Crippen LogP contribution is -2.36. The standard InChI is InChI=1S/C20H29N3O2/c1-13-7-14(2)19(15(3)8-13)23-12-17(9-18(23)24)20(25)22-6-5-16(11-22)10-21-4/h7-8,16-17,21H,5-6,9-12H2,1-4H3. The summed E-state index contributed by atoms with van der Waals surface area (Å²) in [5.74, 6) is 0.543. The molecule has 1 aromatic carbocycles. The molecule has 2 fully saturated rings. The zero-order valence-corrected chi connectivity index (χ0v) is 15.8. The lowest BCUT2D eigenvalue weighted by molar-refractivity contribution is -0.134. The molecule has 2 aliphatic heterocycles. The van der Waals surface area contributed by atoms with Gasteiger partial charge in [0.2, 0.25) is 11.8 Å². The number of benzene rings is 1. The van der Waals surface area contributed by atoms with Crippen LogP contribution in [0, 0.1) is 32.6 Å². The number of nitrogens with one attached hydrogen (secondary N) is 1. The van der Waals surface area contributed by atoms with Crippen LogP contribution in [0.15, 0.2) is 12.1 Å². The van der Waals surface area contributed by atoms with Gasteiger partial charge in [-0.25, -0.2) is 0 Å². The van der Waals surface area contributed by atoms with E-state index in [-0.39, 0.29) is 17.7 Å². The average Bonchev–Trinajstić information content (AvgIpc) is 3.14. The maximum absolute atomic E-state index is 12.9. The molecule has 3 rings (SSSR count). The Morgan fingerprint density at radius 3 is 2.52 bits per heavy atom. The Hall–Kier alpha value is -1.88. The van der Waals surface area contributed by atoms with Gasteiger partial charge in [-0.3, -0.25) is 9.59 Å². The third kappa shape index (κ3) is 3.56. The lowest BCUT2D eigenvalue weighted by atomic mass is 10.0. The predicted molar refractivity (Wildman–Crippen MR) is 99.7 cm³/mol. The zero-order valence-electron chi connectivity index (χ0n) is 15.8. The van der Waals surface area contributed by atoms with Gasteiger partial charge in [0.15, 0.2) is 0 Å². The number of rotatable bonds is 4. The molecule has 1 N–H and O–H groups in total. The van der Waals surface area contributed by atoms with Gasteiger partial charge in [0.05, 0.1) is 5.92 Å². The predicted octanol–water partition coefficient (Wildman–Crippen LogP) is 2.03. The van der Waals surface area contributed by atoms with E-state index in [0.717, 1.165) is 42.9 Å². The van der Waals surface area contributed by atoms with Crippen molar-refractivity contribution in [1.29, 1.82) is 0 Å². The first-order valence-corrected chi connectivity index (χ1v) is 9.22. The number of nitrogens with zero attached hydrogens (tertiary/aromatic N) is 2. The first kappa shape index (κ1) is 17.9. The van der Waals surface area contributed by atoms with Crippen molar-refractivity contribution >= 4 is 17.5 Å². The van der Waals surface area contributed by atoms with Gasteiger partial charge in [-0.05, 0) is 57.8 Å². The molecule has 5 nitrogen and oxygen atoms in total. The minimum Gasteiger partial charge on any atom is -0.342 e. The molecule has 2 unspecified atom stereocenters. The summed E-state index contributed by atoms with van der Waals surface area (Å²) >= 11 is 0. The van der Waals surface area contributed by atoms with E-state index in [4.69, 9.17) is 0 Å². The molecular formula is C20H29N3O2. The molecule has 0 aromatic heterocycles. The van der Waals surface area contributed by atoms with Crippen molar-refractivity contribution in [2.75, 3.05) is 38.1 Å². The Kier molecular flexibility index (Phi) is 5.13. The maximum atomic E-state index is 12.9. The van der Waals surface area contributed by atoms with E-state index < -0.39 is 0 Å². The number of amides is 2. The summed E-state index contributed by atoms with van der Waals surface area (Å²) in [6.45, 7) is 9.24. The highest BCUT2D eigenvalue weighted by molar-refractivity contribution is 6.01. The first-order chi connectivity index (χ1) is 11.9. The maximum Gasteiger partial charge on any atom is 0.228 e. The zero-order chi connectivity index (χ0) is 18.1. The van der Waals surface area contributed by atoms with E-state index in [0.29, 0.717) is 18.9 Å². The summed E-state index contributed by atoms with van der Waals surface area (Å²) in [6.07, 6.45) is 1.38. The van der Waals surface area contributed by atoms with Crippen LogP contribution in [0.3, 0.4) is 0 Å². The van der Waals surface area contributed by atoms with Crippen molar-refractivity contribution in [3.63, 3.8) is 0 Å². The smallest absolute Gasteiger partial charge is 0.228 e. The first-order valence-electron chi connectivity index (χ1n) is 9.22. The molecule has 0 bridgehead atoms. The summed E-state index contributed by atoms with van der Waals surface area (Å²) in [5.41, 5.74) is 4.40. The molecule has 2 heterocycles. The topological polar surface area (TPSA) is 52.7 Å². The van der Waals surface area contributed by atoms with Crippen LogP contribution in [0.4, 0.5) is 5.69 Å². The SMILES string of the molecule is CNCC1CCN(C(=O)C2CC(=O)N(c3c(C)cc(C)cc3C)C2)C1. The summed E-state index contributed by atoms with van der Waals surface area (Å²) in [4.78, 5) is 29.3. The van der Waals surface area contributed by atoms with Crippen molar-refractivity contribution < 1.29 is 9.59 Å². The van der Waals surface area contributed by atoms with E-state index in [1.54, 1.807) is 0 Å². The quantitative estimate of drug-likeness (QED) is 0.910. The molecular weight excluding hydrogens is 314 g/mol. The van der Waals surface area contributed by atoms with Gasteiger partial charge in [-0.2, -0.15) is 0 Å². The van der Waals surface area contributed by atoms with E-state index in [2.05, 4.69) is 24.4 Å². The van der Waals surface area contributed by atoms with Crippen LogP contribution in [-0.2, 0) is 9.59 Å². The van der Waals surface area contributed by atoms with E-state index in [1.807, 2.05) is 30.7 Å². The molecule has 0 radical (unpaired) electrons. The van der Waals surface area contributed by atoms with Crippen LogP contribution in [0.1, 0.15) is 29.5 Å². The number of aryl methyl sites for hydroxylation is 3. The molecule has 0 saturated carbocycles. The second-order valence-corrected chi connectivity index (χ2v) is 7.65. The van der Waals surface area contributed by atoms with Crippen LogP contribution in [0.25, 0.3) is 0 Å². The van der Waals surface area contributed by atoms with Gasteiger partial charge in [-0.15, -0.1) is 0 Å². The van der Waals surface area contributed by atoms with Crippen LogP contribution in [-0.4, -0.2) is 49.9 Å². The Bertz CT molecular complexity index is 663. The molecule has 25 heavy (non-hydrogen) atoms. The Labute approximate surface area is 150 Å². The minimum atomic E-state index is -0.207. The Morgan fingerprint density at radius 1 is 1.20 bits per heavy atom. The summed E-state index contributed by atoms with van der Waals surface area (Å²) < 4.78 is 0. The molecule has 0 aliphatic carbocycles. The van der Waals surface area contributed by atoms with Crippen molar-refractivity contribution in [3.05, 3.63) is 28.8 Å². The minimum absolute atomic E-state index is 0.0689. The van der Waals surface area contributed by atoms with E-state index in [1.165, 1.54) is 5.56 Å². The largest absolute Gasteiger partial charge is 0.342 e. The second-order valence-electron chi connectivity index (χ2n) is 7.65. The number of carbonyl (C=O) groups is 2. The summed E-state index contributed by atoms with van der Waals surface area (Å²) in [7, 11) is 1.95. The van der Waals surface area contributed by atoms with Crippen molar-refractivity contribution in [2.45, 2.75) is 33.6 Å². The van der Waals surface area contributed by atoms with Gasteiger partial charge in [0, 0.05) is 31.7 Å². The summed E-state index contributed by atoms with van der Waals surface area (Å²) in [5, 5.41) is 3.19. The number of carbonyl (C=O) groups excluding carboxylic acids is 2. The van der Waals surface area contributed by atoms with Crippen molar-refractivity contribution in [2.24, 2.45) is 11.8 Å². The van der Waals surface area contributed by atoms with Gasteiger partial charge >= 0.3 is 0 Å². The Balaban J connectivity index is 1.72. The highest BCUT2D eigenvalue weighted by Gasteiger charge is 2.39. The molecule has 0 spiro atoms. The number of anilines is 1. The number of likely N-dealkylation sites (tertiary alicyclic amines) is 1. The molecule has 2 saturated heterocycles. The van der Waals surface area contributed by atoms with Gasteiger partial charge in [-0.1, -0.05) is 17.7 Å². The molecule has 2 atom stereocenters. The third-order valence-electron chi connectivity index (χ3n) is 5.47. The van der Waals surface area contributed by atoms with Gasteiger partial charge in [0.1, 0.15) is 0 Å². The van der Waals surface area contributed by atoms with E-state index in [9.17, 15) is 9.59 Å². The number of hydrogen-bond acceptors (Lipinski definition) is 3. The van der Waals surface area contributed by atoms with Gasteiger partial charge in [0.25, 0.3) is 0 Å². The normalized spacial score (nSPS) is 23.6. The van der Waals surface area contributed by atoms with Gasteiger partial charge < -0.3 is 15.1 Å². The Morgan fingerprint density at radius 2 is 1.88 bits per heavy atom. The van der Waals surface area contributed by atoms with Crippen molar-refractivity contribution in [3.8, 4) is 0 Å². The van der Waals surface area contributed by atoms with Crippen LogP contribution in [0.5, 0.6) is 0 Å². The molecule has 5 heteroatoms. The average molecular weight is 343 g/mol. The number of hydrogen-bond donors (Lipinski definition) is 1. The van der Waals surface area contributed by atoms with Crippen molar-refractivity contribution in [1.82, 2.24) is 10.2 Å². The molecule has 136 valence electrons. The summed E-state index contributed by atoms with van der Waals surface area (Å²) in [6, 6.07) is 4.21. The van der Waals surface area contributed by atoms with Crippen LogP contribution < -0.4 is 10.2 Å². The van der Waals surface area contributed by atoms with E-state index >= 15 is 0 Å².